The van der Waals surface area contributed by atoms with Crippen LogP contribution >= 0.6 is 11.6 Å². The minimum atomic E-state index is -1.08. The molecule has 1 N–H and O–H groups in total. The number of aliphatic hydroxyl groups excluding tert-OH is 1. The maximum absolute atomic E-state index is 13.7. The minimum absolute atomic E-state index is 0.0885. The first kappa shape index (κ1) is 23.9. The molecule has 1 aliphatic heterocycles. The zero-order chi connectivity index (χ0) is 26.3. The maximum Gasteiger partial charge on any atom is 0.308 e. The summed E-state index contributed by atoms with van der Waals surface area (Å²) >= 11 is 6.06. The van der Waals surface area contributed by atoms with Crippen LogP contribution in [-0.4, -0.2) is 22.8 Å². The van der Waals surface area contributed by atoms with Gasteiger partial charge in [-0.05, 0) is 66.2 Å². The molecule has 0 spiro atoms. The van der Waals surface area contributed by atoms with Crippen molar-refractivity contribution in [3.05, 3.63) is 106 Å². The van der Waals surface area contributed by atoms with Crippen molar-refractivity contribution >= 4 is 45.9 Å². The van der Waals surface area contributed by atoms with Gasteiger partial charge in [0, 0.05) is 23.0 Å². The molecule has 8 nitrogen and oxygen atoms in total. The van der Waals surface area contributed by atoms with Crippen LogP contribution < -0.4 is 9.64 Å². The Morgan fingerprint density at radius 2 is 1.84 bits per heavy atom. The number of benzene rings is 3. The number of fused-ring (bicyclic) bond motifs is 1. The number of nitrogens with zero attached hydrogens (tertiary/aromatic N) is 2. The first-order valence-electron chi connectivity index (χ1n) is 11.1. The van der Waals surface area contributed by atoms with Crippen LogP contribution in [-0.2, 0) is 9.59 Å². The van der Waals surface area contributed by atoms with Crippen molar-refractivity contribution in [1.82, 2.24) is 0 Å². The highest BCUT2D eigenvalue weighted by molar-refractivity contribution is 6.31. The molecule has 3 aromatic carbocycles. The fourth-order valence-corrected chi connectivity index (χ4v) is 4.47. The summed E-state index contributed by atoms with van der Waals surface area (Å²) < 4.78 is 10.9. The van der Waals surface area contributed by atoms with Crippen molar-refractivity contribution in [3.63, 3.8) is 0 Å². The summed E-state index contributed by atoms with van der Waals surface area (Å²) in [6.45, 7) is 1.25. The Morgan fingerprint density at radius 3 is 2.54 bits per heavy atom. The van der Waals surface area contributed by atoms with Gasteiger partial charge in [0.15, 0.2) is 11.5 Å². The van der Waals surface area contributed by atoms with E-state index >= 15 is 0 Å². The lowest BCUT2D eigenvalue weighted by molar-refractivity contribution is -0.131. The predicted octanol–water partition coefficient (Wildman–Crippen LogP) is 5.67. The molecule has 0 fully saturated rings. The Bertz CT molecular complexity index is 1660. The topological polar surface area (TPSA) is 121 Å². The zero-order valence-electron chi connectivity index (χ0n) is 19.3. The second-order valence-corrected chi connectivity index (χ2v) is 8.72. The van der Waals surface area contributed by atoms with Gasteiger partial charge in [0.2, 0.25) is 5.78 Å². The van der Waals surface area contributed by atoms with Gasteiger partial charge in [0.05, 0.1) is 23.2 Å². The smallest absolute Gasteiger partial charge is 0.308 e. The number of amides is 1. The van der Waals surface area contributed by atoms with Crippen LogP contribution in [0.2, 0.25) is 5.02 Å². The van der Waals surface area contributed by atoms with Gasteiger partial charge in [-0.1, -0.05) is 23.7 Å². The quantitative estimate of drug-likeness (QED) is 0.208. The van der Waals surface area contributed by atoms with Gasteiger partial charge in [-0.15, -0.1) is 0 Å². The molecular weight excluding hydrogens is 496 g/mol. The first-order chi connectivity index (χ1) is 17.8. The Balaban J connectivity index is 1.65. The average molecular weight is 513 g/mol. The number of furan rings is 1. The van der Waals surface area contributed by atoms with E-state index in [1.807, 2.05) is 6.07 Å². The number of ether oxygens (including phenoxy) is 1. The Morgan fingerprint density at radius 1 is 1.08 bits per heavy atom. The van der Waals surface area contributed by atoms with Gasteiger partial charge in [-0.3, -0.25) is 19.3 Å². The van der Waals surface area contributed by atoms with E-state index in [1.54, 1.807) is 48.5 Å². The van der Waals surface area contributed by atoms with Crippen LogP contribution in [0.4, 0.5) is 5.69 Å². The van der Waals surface area contributed by atoms with Crippen molar-refractivity contribution < 1.29 is 28.6 Å². The summed E-state index contributed by atoms with van der Waals surface area (Å²) in [5.74, 6) is -2.68. The molecule has 1 atom stereocenters. The van der Waals surface area contributed by atoms with Crippen LogP contribution in [0.1, 0.15) is 34.6 Å². The molecule has 1 aromatic heterocycles. The second kappa shape index (κ2) is 9.30. The normalized spacial score (nSPS) is 15.2. The lowest BCUT2D eigenvalue weighted by atomic mass is 9.94. The van der Waals surface area contributed by atoms with Crippen molar-refractivity contribution in [2.45, 2.75) is 13.0 Å². The van der Waals surface area contributed by atoms with Gasteiger partial charge < -0.3 is 14.3 Å². The number of hydrogen-bond acceptors (Lipinski definition) is 7. The van der Waals surface area contributed by atoms with E-state index in [4.69, 9.17) is 26.0 Å². The molecule has 0 saturated carbocycles. The van der Waals surface area contributed by atoms with Crippen molar-refractivity contribution in [2.75, 3.05) is 4.90 Å². The number of hydrogen-bond donors (Lipinski definition) is 1. The summed E-state index contributed by atoms with van der Waals surface area (Å²) in [6, 6.07) is 19.7. The largest absolute Gasteiger partial charge is 0.503 e. The molecule has 1 aliphatic rings. The number of ketones is 1. The zero-order valence-corrected chi connectivity index (χ0v) is 20.0. The highest BCUT2D eigenvalue weighted by Gasteiger charge is 2.45. The van der Waals surface area contributed by atoms with Crippen molar-refractivity contribution in [2.24, 2.45) is 0 Å². The first-order valence-corrected chi connectivity index (χ1v) is 11.4. The fraction of sp³-hybridized carbons (Fsp3) is 0.0714. The Hall–Kier alpha value is -4.87. The van der Waals surface area contributed by atoms with Crippen molar-refractivity contribution in [3.8, 4) is 11.8 Å². The number of anilines is 1. The lowest BCUT2D eigenvalue weighted by Crippen LogP contribution is -2.31. The summed E-state index contributed by atoms with van der Waals surface area (Å²) in [5, 5.41) is 21.1. The van der Waals surface area contributed by atoms with E-state index in [0.717, 1.165) is 0 Å². The summed E-state index contributed by atoms with van der Waals surface area (Å²) in [7, 11) is 0. The molecule has 5 rings (SSSR count). The van der Waals surface area contributed by atoms with Gasteiger partial charge in [-0.2, -0.15) is 5.26 Å². The average Bonchev–Trinajstić information content (AvgIpc) is 3.42. The molecule has 9 heteroatoms. The maximum atomic E-state index is 13.7. The van der Waals surface area contributed by atoms with Crippen LogP contribution in [0, 0.1) is 11.3 Å². The van der Waals surface area contributed by atoms with Crippen LogP contribution in [0.15, 0.2) is 88.5 Å². The molecule has 0 saturated heterocycles. The van der Waals surface area contributed by atoms with Gasteiger partial charge in [0.1, 0.15) is 11.3 Å². The van der Waals surface area contributed by atoms with E-state index in [-0.39, 0.29) is 17.1 Å². The number of Topliss-reactive ketones (excluding diaryl/α,β-unsaturated/α-hetero) is 1. The van der Waals surface area contributed by atoms with Crippen LogP contribution in [0.25, 0.3) is 11.0 Å². The second-order valence-electron chi connectivity index (χ2n) is 8.29. The SMILES string of the molecule is CC(=O)Oc1cccc(C2C(C(=O)c3cc4cc(Cl)ccc4o3)=C(O)C(=O)N2c2ccc(C#N)cc2)c1. The molecule has 37 heavy (non-hydrogen) atoms. The number of halogens is 1. The van der Waals surface area contributed by atoms with Gasteiger partial charge in [-0.25, -0.2) is 0 Å². The standard InChI is InChI=1S/C28H17ClN2O6/c1-15(32)36-21-4-2-3-17(12-21)25-24(26(33)23-13-18-11-19(29)7-10-22(18)37-23)27(34)28(35)31(25)20-8-5-16(14-30)6-9-20/h2-13,25,34H,1H3. The number of nitriles is 1. The molecule has 182 valence electrons. The number of carbonyl (C=O) groups excluding carboxylic acids is 3. The van der Waals surface area contributed by atoms with E-state index in [1.165, 1.54) is 36.1 Å². The number of rotatable bonds is 5. The lowest BCUT2D eigenvalue weighted by Gasteiger charge is -2.27. The molecular formula is C28H17ClN2O6. The van der Waals surface area contributed by atoms with Crippen LogP contribution in [0.5, 0.6) is 5.75 Å². The highest BCUT2D eigenvalue weighted by atomic mass is 35.5. The number of esters is 1. The van der Waals surface area contributed by atoms with Gasteiger partial charge in [0.25, 0.3) is 5.91 Å². The molecule has 1 unspecified atom stereocenters. The van der Waals surface area contributed by atoms with Crippen LogP contribution in [0.3, 0.4) is 0 Å². The summed E-state index contributed by atoms with van der Waals surface area (Å²) in [5.41, 5.74) is 1.33. The van der Waals surface area contributed by atoms with Crippen molar-refractivity contribution in [1.29, 1.82) is 5.26 Å². The third kappa shape index (κ3) is 4.33. The molecule has 0 aliphatic carbocycles. The Kier molecular flexibility index (Phi) is 5.99. The Labute approximate surface area is 215 Å². The van der Waals surface area contributed by atoms with Gasteiger partial charge >= 0.3 is 5.97 Å². The number of aliphatic hydroxyl groups is 1. The molecule has 0 bridgehead atoms. The third-order valence-corrected chi connectivity index (χ3v) is 6.10. The number of carbonyl (C=O) groups is 3. The predicted molar refractivity (Wildman–Crippen MR) is 134 cm³/mol. The van der Waals surface area contributed by atoms with E-state index in [0.29, 0.717) is 32.8 Å². The summed E-state index contributed by atoms with van der Waals surface area (Å²) in [6.07, 6.45) is 0. The fourth-order valence-electron chi connectivity index (χ4n) is 4.29. The van der Waals surface area contributed by atoms with E-state index in [2.05, 4.69) is 0 Å². The third-order valence-electron chi connectivity index (χ3n) is 5.86. The van der Waals surface area contributed by atoms with E-state index < -0.39 is 29.5 Å². The molecule has 2 heterocycles. The molecule has 4 aromatic rings. The molecule has 0 radical (unpaired) electrons. The van der Waals surface area contributed by atoms with E-state index in [9.17, 15) is 19.5 Å². The minimum Gasteiger partial charge on any atom is -0.503 e. The monoisotopic (exact) mass is 512 g/mol. The highest BCUT2D eigenvalue weighted by Crippen LogP contribution is 2.43. The molecule has 1 amide bonds. The summed E-state index contributed by atoms with van der Waals surface area (Å²) in [4.78, 5) is 39.8.